The van der Waals surface area contributed by atoms with Crippen molar-refractivity contribution in [3.05, 3.63) is 22.1 Å². The highest BCUT2D eigenvalue weighted by Gasteiger charge is 2.43. The zero-order valence-corrected chi connectivity index (χ0v) is 13.7. The average Bonchev–Trinajstić information content (AvgIpc) is 3.10. The van der Waals surface area contributed by atoms with E-state index in [1.165, 1.54) is 6.07 Å². The van der Waals surface area contributed by atoms with Crippen molar-refractivity contribution in [3.8, 4) is 0 Å². The first-order chi connectivity index (χ1) is 11.8. The molecular weight excluding hydrogens is 332 g/mol. The first-order valence-electron chi connectivity index (χ1n) is 7.88. The van der Waals surface area contributed by atoms with Gasteiger partial charge in [-0.2, -0.15) is 4.98 Å². The molecule has 136 valence electrons. The smallest absolute Gasteiger partial charge is 0.261 e. The maximum atomic E-state index is 12.2. The molecule has 6 N–H and O–H groups in total. The number of carbonyl (C=O) groups is 1. The Kier molecular flexibility index (Phi) is 4.60. The molecule has 2 aromatic rings. The molecular formula is C15H20N4O6. The van der Waals surface area contributed by atoms with Crippen LogP contribution in [0.5, 0.6) is 0 Å². The van der Waals surface area contributed by atoms with Crippen molar-refractivity contribution < 1.29 is 24.9 Å². The SMILES string of the molecule is CC(C)C(=O)Nc1nc2[nH]c([C@@H]3O[C@H](CO)[C@@H](O)[C@H]3O)cc2c(=O)[nH]1. The second kappa shape index (κ2) is 6.56. The van der Waals surface area contributed by atoms with E-state index in [4.69, 9.17) is 9.84 Å². The van der Waals surface area contributed by atoms with Crippen molar-refractivity contribution in [1.82, 2.24) is 15.0 Å². The largest absolute Gasteiger partial charge is 0.394 e. The summed E-state index contributed by atoms with van der Waals surface area (Å²) in [6.07, 6.45) is -4.36. The van der Waals surface area contributed by atoms with E-state index in [0.29, 0.717) is 5.69 Å². The number of carbonyl (C=O) groups excluding carboxylic acids is 1. The summed E-state index contributed by atoms with van der Waals surface area (Å²) >= 11 is 0. The first kappa shape index (κ1) is 17.5. The summed E-state index contributed by atoms with van der Waals surface area (Å²) < 4.78 is 5.43. The molecule has 1 fully saturated rings. The van der Waals surface area contributed by atoms with Crippen molar-refractivity contribution in [2.45, 2.75) is 38.3 Å². The fourth-order valence-corrected chi connectivity index (χ4v) is 2.67. The quantitative estimate of drug-likeness (QED) is 0.411. The number of aliphatic hydroxyl groups excluding tert-OH is 3. The van der Waals surface area contributed by atoms with Crippen LogP contribution >= 0.6 is 0 Å². The number of hydrogen-bond donors (Lipinski definition) is 6. The highest BCUT2D eigenvalue weighted by atomic mass is 16.6. The normalized spacial score (nSPS) is 26.5. The van der Waals surface area contributed by atoms with Crippen LogP contribution in [0.2, 0.25) is 0 Å². The molecule has 0 saturated carbocycles. The van der Waals surface area contributed by atoms with Gasteiger partial charge in [-0.15, -0.1) is 0 Å². The Morgan fingerprint density at radius 2 is 2.08 bits per heavy atom. The summed E-state index contributed by atoms with van der Waals surface area (Å²) in [5.74, 6) is -0.567. The average molecular weight is 352 g/mol. The third-order valence-corrected chi connectivity index (χ3v) is 4.13. The van der Waals surface area contributed by atoms with Gasteiger partial charge in [0.05, 0.1) is 12.0 Å². The molecule has 1 amide bonds. The molecule has 0 unspecified atom stereocenters. The number of aromatic nitrogens is 3. The summed E-state index contributed by atoms with van der Waals surface area (Å²) in [5.41, 5.74) is 0.0664. The minimum atomic E-state index is -1.26. The first-order valence-corrected chi connectivity index (χ1v) is 7.88. The van der Waals surface area contributed by atoms with Crippen LogP contribution in [-0.2, 0) is 9.53 Å². The van der Waals surface area contributed by atoms with E-state index in [9.17, 15) is 19.8 Å². The summed E-state index contributed by atoms with van der Waals surface area (Å²) in [6, 6.07) is 1.45. The Bertz CT molecular complexity index is 844. The molecule has 0 aliphatic carbocycles. The van der Waals surface area contributed by atoms with E-state index in [1.54, 1.807) is 13.8 Å². The van der Waals surface area contributed by atoms with Gasteiger partial charge < -0.3 is 25.0 Å². The summed E-state index contributed by atoms with van der Waals surface area (Å²) in [4.78, 5) is 33.4. The lowest BCUT2D eigenvalue weighted by Gasteiger charge is -2.12. The monoisotopic (exact) mass is 352 g/mol. The van der Waals surface area contributed by atoms with Gasteiger partial charge in [0, 0.05) is 11.6 Å². The van der Waals surface area contributed by atoms with E-state index >= 15 is 0 Å². The van der Waals surface area contributed by atoms with Crippen molar-refractivity contribution >= 4 is 22.9 Å². The summed E-state index contributed by atoms with van der Waals surface area (Å²) in [7, 11) is 0. The van der Waals surface area contributed by atoms with Gasteiger partial charge in [0.15, 0.2) is 0 Å². The lowest BCUT2D eigenvalue weighted by atomic mass is 10.1. The summed E-state index contributed by atoms with van der Waals surface area (Å²) in [6.45, 7) is 2.97. The second-order valence-electron chi connectivity index (χ2n) is 6.30. The van der Waals surface area contributed by atoms with E-state index in [0.717, 1.165) is 0 Å². The van der Waals surface area contributed by atoms with Crippen LogP contribution in [0.25, 0.3) is 11.0 Å². The van der Waals surface area contributed by atoms with E-state index < -0.39 is 36.6 Å². The van der Waals surface area contributed by atoms with Gasteiger partial charge in [-0.1, -0.05) is 13.8 Å². The molecule has 2 aromatic heterocycles. The van der Waals surface area contributed by atoms with Crippen LogP contribution in [0.15, 0.2) is 10.9 Å². The maximum absolute atomic E-state index is 12.2. The maximum Gasteiger partial charge on any atom is 0.261 e. The molecule has 3 heterocycles. The third kappa shape index (κ3) is 3.16. The molecule has 0 radical (unpaired) electrons. The Balaban J connectivity index is 1.94. The number of anilines is 1. The number of ether oxygens (including phenoxy) is 1. The van der Waals surface area contributed by atoms with Crippen LogP contribution in [0, 0.1) is 5.92 Å². The second-order valence-corrected chi connectivity index (χ2v) is 6.30. The number of hydrogen-bond acceptors (Lipinski definition) is 7. The molecule has 0 bridgehead atoms. The molecule has 4 atom stereocenters. The van der Waals surface area contributed by atoms with E-state index in [-0.39, 0.29) is 28.8 Å². The van der Waals surface area contributed by atoms with Gasteiger partial charge in [0.1, 0.15) is 30.1 Å². The molecule has 1 aliphatic heterocycles. The molecule has 0 aromatic carbocycles. The number of nitrogens with zero attached hydrogens (tertiary/aromatic N) is 1. The van der Waals surface area contributed by atoms with Gasteiger partial charge in [-0.25, -0.2) is 0 Å². The molecule has 3 rings (SSSR count). The van der Waals surface area contributed by atoms with Gasteiger partial charge in [-0.3, -0.25) is 19.9 Å². The number of amides is 1. The van der Waals surface area contributed by atoms with Crippen molar-refractivity contribution in [2.75, 3.05) is 11.9 Å². The van der Waals surface area contributed by atoms with Gasteiger partial charge in [0.25, 0.3) is 5.56 Å². The number of rotatable bonds is 4. The molecule has 0 spiro atoms. The predicted molar refractivity (Wildman–Crippen MR) is 86.9 cm³/mol. The fourth-order valence-electron chi connectivity index (χ4n) is 2.67. The Morgan fingerprint density at radius 3 is 2.68 bits per heavy atom. The molecule has 10 heteroatoms. The number of H-pyrrole nitrogens is 2. The number of aliphatic hydroxyl groups is 3. The van der Waals surface area contributed by atoms with E-state index in [1.807, 2.05) is 0 Å². The molecule has 1 saturated heterocycles. The fraction of sp³-hybridized carbons (Fsp3) is 0.533. The van der Waals surface area contributed by atoms with Crippen molar-refractivity contribution in [3.63, 3.8) is 0 Å². The van der Waals surface area contributed by atoms with Crippen LogP contribution in [0.3, 0.4) is 0 Å². The van der Waals surface area contributed by atoms with Gasteiger partial charge in [0.2, 0.25) is 11.9 Å². The zero-order valence-electron chi connectivity index (χ0n) is 13.7. The zero-order chi connectivity index (χ0) is 18.3. The topological polar surface area (TPSA) is 161 Å². The third-order valence-electron chi connectivity index (χ3n) is 4.13. The van der Waals surface area contributed by atoms with Gasteiger partial charge >= 0.3 is 0 Å². The van der Waals surface area contributed by atoms with Crippen LogP contribution < -0.4 is 10.9 Å². The molecule has 1 aliphatic rings. The van der Waals surface area contributed by atoms with E-state index in [2.05, 4.69) is 20.3 Å². The number of nitrogens with one attached hydrogen (secondary N) is 3. The highest BCUT2D eigenvalue weighted by Crippen LogP contribution is 2.33. The Morgan fingerprint density at radius 1 is 1.36 bits per heavy atom. The minimum absolute atomic E-state index is 0.00533. The summed E-state index contributed by atoms with van der Waals surface area (Å²) in [5, 5.41) is 31.8. The minimum Gasteiger partial charge on any atom is -0.394 e. The number of fused-ring (bicyclic) bond motifs is 1. The lowest BCUT2D eigenvalue weighted by molar-refractivity contribution is -0.118. The van der Waals surface area contributed by atoms with Crippen LogP contribution in [0.1, 0.15) is 25.6 Å². The molecule has 10 nitrogen and oxygen atoms in total. The van der Waals surface area contributed by atoms with Gasteiger partial charge in [-0.05, 0) is 6.07 Å². The standard InChI is InChI=1S/C15H20N4O6/c1-5(2)13(23)18-15-17-12-6(14(24)19-15)3-7(16-12)11-10(22)9(21)8(4-20)25-11/h3,5,8-11,20-22H,4H2,1-2H3,(H3,16,17,18,19,23,24)/t8-,9-,10-,11+/m1/s1. The number of aromatic amines is 2. The van der Waals surface area contributed by atoms with Crippen LogP contribution in [-0.4, -0.2) is 61.1 Å². The molecule has 25 heavy (non-hydrogen) atoms. The highest BCUT2D eigenvalue weighted by molar-refractivity contribution is 5.91. The lowest BCUT2D eigenvalue weighted by Crippen LogP contribution is -2.32. The predicted octanol–water partition coefficient (Wildman–Crippen LogP) is -1.00. The Hall–Kier alpha value is -2.27. The van der Waals surface area contributed by atoms with Crippen molar-refractivity contribution in [2.24, 2.45) is 5.92 Å². The van der Waals surface area contributed by atoms with Crippen LogP contribution in [0.4, 0.5) is 5.95 Å². The van der Waals surface area contributed by atoms with Crippen molar-refractivity contribution in [1.29, 1.82) is 0 Å². The Labute approximate surface area is 141 Å².